The van der Waals surface area contributed by atoms with Gasteiger partial charge in [0.15, 0.2) is 0 Å². The molecule has 4 heteroatoms. The van der Waals surface area contributed by atoms with E-state index < -0.39 is 5.82 Å². The minimum atomic E-state index is -0.412. The summed E-state index contributed by atoms with van der Waals surface area (Å²) in [4.78, 5) is 4.49. The first-order valence-corrected chi connectivity index (χ1v) is 9.64. The van der Waals surface area contributed by atoms with Crippen LogP contribution in [-0.4, -0.2) is 4.98 Å². The fraction of sp³-hybridized carbons (Fsp3) is 0.381. The van der Waals surface area contributed by atoms with Crippen LogP contribution in [0.2, 0.25) is 5.02 Å². The van der Waals surface area contributed by atoms with Crippen LogP contribution in [-0.2, 0) is 6.42 Å². The lowest BCUT2D eigenvalue weighted by molar-refractivity contribution is 0.296. The van der Waals surface area contributed by atoms with Crippen molar-refractivity contribution in [3.05, 3.63) is 64.5 Å². The van der Waals surface area contributed by atoms with E-state index >= 15 is 0 Å². The van der Waals surface area contributed by atoms with Gasteiger partial charge in [-0.3, -0.25) is 4.98 Å². The first-order valence-electron chi connectivity index (χ1n) is 8.83. The molecule has 1 aliphatic rings. The van der Waals surface area contributed by atoms with Gasteiger partial charge in [0.1, 0.15) is 5.82 Å². The van der Waals surface area contributed by atoms with Gasteiger partial charge < -0.3 is 0 Å². The molecule has 0 unspecified atom stereocenters. The van der Waals surface area contributed by atoms with Crippen molar-refractivity contribution < 1.29 is 4.39 Å². The number of pyridine rings is 1. The van der Waals surface area contributed by atoms with Crippen LogP contribution in [0.1, 0.15) is 37.7 Å². The van der Waals surface area contributed by atoms with E-state index in [1.807, 2.05) is 12.3 Å². The molecule has 0 amide bonds. The maximum absolute atomic E-state index is 13.6. The number of allylic oxidation sites excluding steroid dienone is 1. The molecule has 0 radical (unpaired) electrons. The van der Waals surface area contributed by atoms with E-state index in [1.165, 1.54) is 43.7 Å². The lowest BCUT2D eigenvalue weighted by Crippen LogP contribution is -2.13. The van der Waals surface area contributed by atoms with Crippen LogP contribution in [0.3, 0.4) is 0 Å². The topological polar surface area (TPSA) is 12.9 Å². The van der Waals surface area contributed by atoms with E-state index in [-0.39, 0.29) is 5.02 Å². The highest BCUT2D eigenvalue weighted by atomic mass is 35.5. The first kappa shape index (κ1) is 18.4. The third kappa shape index (κ3) is 5.05. The molecular formula is C21H22Cl2FN. The smallest absolute Gasteiger partial charge is 0.142 e. The maximum atomic E-state index is 13.6. The van der Waals surface area contributed by atoms with Crippen molar-refractivity contribution >= 4 is 23.2 Å². The van der Waals surface area contributed by atoms with E-state index in [1.54, 1.807) is 17.7 Å². The molecule has 0 spiro atoms. The quantitative estimate of drug-likeness (QED) is 0.544. The molecule has 3 rings (SSSR count). The Labute approximate surface area is 158 Å². The van der Waals surface area contributed by atoms with Gasteiger partial charge in [-0.15, -0.1) is 0 Å². The van der Waals surface area contributed by atoms with Crippen molar-refractivity contribution in [1.82, 2.24) is 4.98 Å². The fourth-order valence-electron chi connectivity index (χ4n) is 3.54. The molecule has 1 aromatic heterocycles. The molecule has 1 heterocycles. The number of benzene rings is 1. The predicted molar refractivity (Wildman–Crippen MR) is 103 cm³/mol. The Hall–Kier alpha value is -1.38. The number of hydrogen-bond acceptors (Lipinski definition) is 1. The van der Waals surface area contributed by atoms with Crippen LogP contribution < -0.4 is 0 Å². The van der Waals surface area contributed by atoms with E-state index in [0.29, 0.717) is 5.92 Å². The third-order valence-corrected chi connectivity index (χ3v) is 5.57. The van der Waals surface area contributed by atoms with Crippen LogP contribution in [0.15, 0.2) is 48.1 Å². The summed E-state index contributed by atoms with van der Waals surface area (Å²) < 4.78 is 13.6. The second-order valence-corrected chi connectivity index (χ2v) is 7.48. The lowest BCUT2D eigenvalue weighted by Gasteiger charge is -2.26. The number of rotatable bonds is 5. The van der Waals surface area contributed by atoms with Crippen molar-refractivity contribution in [3.8, 4) is 11.3 Å². The number of hydrogen-bond donors (Lipinski definition) is 0. The lowest BCUT2D eigenvalue weighted by atomic mass is 9.80. The predicted octanol–water partition coefficient (Wildman–Crippen LogP) is 7.03. The highest BCUT2D eigenvalue weighted by Gasteiger charge is 2.19. The average Bonchev–Trinajstić information content (AvgIpc) is 2.64. The Bertz CT molecular complexity index is 719. The van der Waals surface area contributed by atoms with E-state index in [0.717, 1.165) is 23.6 Å². The van der Waals surface area contributed by atoms with E-state index in [2.05, 4.69) is 17.1 Å². The normalized spacial score (nSPS) is 20.9. The largest absolute Gasteiger partial charge is 0.256 e. The molecule has 1 saturated carbocycles. The molecule has 132 valence electrons. The van der Waals surface area contributed by atoms with Gasteiger partial charge in [0.05, 0.1) is 10.7 Å². The molecule has 0 aliphatic heterocycles. The Morgan fingerprint density at radius 2 is 1.92 bits per heavy atom. The Kier molecular flexibility index (Phi) is 6.50. The monoisotopic (exact) mass is 377 g/mol. The Balaban J connectivity index is 1.54. The third-order valence-electron chi connectivity index (χ3n) is 5.12. The van der Waals surface area contributed by atoms with Gasteiger partial charge >= 0.3 is 0 Å². The van der Waals surface area contributed by atoms with Gasteiger partial charge in [-0.05, 0) is 74.1 Å². The Morgan fingerprint density at radius 3 is 2.56 bits per heavy atom. The number of nitrogens with zero attached hydrogens (tertiary/aromatic N) is 1. The first-order chi connectivity index (χ1) is 12.2. The van der Waals surface area contributed by atoms with Crippen LogP contribution in [0.4, 0.5) is 4.39 Å². The summed E-state index contributed by atoms with van der Waals surface area (Å²) in [7, 11) is 0. The molecular weight excluding hydrogens is 356 g/mol. The molecule has 1 fully saturated rings. The van der Waals surface area contributed by atoms with Gasteiger partial charge in [-0.2, -0.15) is 0 Å². The van der Waals surface area contributed by atoms with Gasteiger partial charge in [-0.1, -0.05) is 41.4 Å². The molecule has 1 aromatic carbocycles. The van der Waals surface area contributed by atoms with Crippen LogP contribution in [0.5, 0.6) is 0 Å². The second kappa shape index (κ2) is 8.82. The van der Waals surface area contributed by atoms with Crippen molar-refractivity contribution in [3.63, 3.8) is 0 Å². The standard InChI is InChI=1S/C21H22Cl2FN/c22-12-11-16-3-1-15(2-4-16)5-6-17-7-10-21(25-14-17)18-8-9-19(23)20(24)13-18/h7-16H,1-6H2/b12-11+. The molecule has 0 saturated heterocycles. The molecule has 1 nitrogen and oxygen atoms in total. The zero-order valence-electron chi connectivity index (χ0n) is 14.1. The van der Waals surface area contributed by atoms with E-state index in [4.69, 9.17) is 23.2 Å². The fourth-order valence-corrected chi connectivity index (χ4v) is 3.86. The number of aromatic nitrogens is 1. The van der Waals surface area contributed by atoms with Gasteiger partial charge in [0.25, 0.3) is 0 Å². The SMILES string of the molecule is Fc1cc(-c2ccc(CCC3CCC(/C=C/Cl)CC3)cn2)ccc1Cl. The van der Waals surface area contributed by atoms with Crippen LogP contribution in [0, 0.1) is 17.7 Å². The second-order valence-electron chi connectivity index (χ2n) is 6.82. The summed E-state index contributed by atoms with van der Waals surface area (Å²) in [5, 5.41) is 0.136. The highest BCUT2D eigenvalue weighted by Crippen LogP contribution is 2.32. The maximum Gasteiger partial charge on any atom is 0.142 e. The zero-order valence-corrected chi connectivity index (χ0v) is 15.6. The minimum Gasteiger partial charge on any atom is -0.256 e. The highest BCUT2D eigenvalue weighted by molar-refractivity contribution is 6.30. The molecule has 1 aliphatic carbocycles. The van der Waals surface area contributed by atoms with Crippen molar-refractivity contribution in [1.29, 1.82) is 0 Å². The summed E-state index contributed by atoms with van der Waals surface area (Å²) in [6.45, 7) is 0. The molecule has 2 aromatic rings. The summed E-state index contributed by atoms with van der Waals surface area (Å²) in [5.74, 6) is 1.05. The number of aryl methyl sites for hydroxylation is 1. The van der Waals surface area contributed by atoms with Crippen LogP contribution in [0.25, 0.3) is 11.3 Å². The molecule has 0 atom stereocenters. The van der Waals surface area contributed by atoms with Gasteiger partial charge in [0.2, 0.25) is 0 Å². The molecule has 25 heavy (non-hydrogen) atoms. The van der Waals surface area contributed by atoms with Crippen LogP contribution >= 0.6 is 23.2 Å². The zero-order chi connectivity index (χ0) is 17.6. The summed E-state index contributed by atoms with van der Waals surface area (Å²) in [5.41, 5.74) is 4.41. The minimum absolute atomic E-state index is 0.136. The summed E-state index contributed by atoms with van der Waals surface area (Å²) in [6.07, 6.45) is 11.3. The van der Waals surface area contributed by atoms with Gasteiger partial charge in [-0.25, -0.2) is 4.39 Å². The number of halogens is 3. The van der Waals surface area contributed by atoms with Crippen molar-refractivity contribution in [2.45, 2.75) is 38.5 Å². The average molecular weight is 378 g/mol. The summed E-state index contributed by atoms with van der Waals surface area (Å²) in [6, 6.07) is 8.84. The van der Waals surface area contributed by atoms with E-state index in [9.17, 15) is 4.39 Å². The van der Waals surface area contributed by atoms with Crippen molar-refractivity contribution in [2.75, 3.05) is 0 Å². The Morgan fingerprint density at radius 1 is 1.12 bits per heavy atom. The molecule has 0 bridgehead atoms. The summed E-state index contributed by atoms with van der Waals surface area (Å²) >= 11 is 11.4. The van der Waals surface area contributed by atoms with Crippen molar-refractivity contribution in [2.24, 2.45) is 11.8 Å². The molecule has 0 N–H and O–H groups in total. The van der Waals surface area contributed by atoms with Gasteiger partial charge in [0, 0.05) is 17.3 Å².